The van der Waals surface area contributed by atoms with Crippen molar-refractivity contribution in [1.82, 2.24) is 10.6 Å². The zero-order valence-corrected chi connectivity index (χ0v) is 14.3. The molecule has 2 atom stereocenters. The number of amides is 2. The Hall–Kier alpha value is -2.97. The van der Waals surface area contributed by atoms with Crippen molar-refractivity contribution in [2.24, 2.45) is 5.92 Å². The molecule has 1 aliphatic heterocycles. The normalized spacial score (nSPS) is 19.4. The van der Waals surface area contributed by atoms with Crippen molar-refractivity contribution in [3.63, 3.8) is 0 Å². The number of rotatable bonds is 4. The number of hydrogen-bond donors (Lipinski definition) is 2. The standard InChI is InChI=1S/C19H15F5N2O2/c20-13-5-4-11(15(21)7-13)8-25-17(27)16-14(9-26-18(16)28)10-2-1-3-12(6-10)19(22,23)24/h1-7,14,16H,8-9H2,(H,25,27)(H,26,28)/t14-,16+/m1/s1. The van der Waals surface area contributed by atoms with Gasteiger partial charge in [-0.1, -0.05) is 24.3 Å². The summed E-state index contributed by atoms with van der Waals surface area (Å²) in [6.45, 7) is -0.285. The molecule has 2 aromatic rings. The van der Waals surface area contributed by atoms with E-state index in [4.69, 9.17) is 0 Å². The SMILES string of the molecule is O=C(NCc1ccc(F)cc1F)[C@H]1C(=O)NC[C@@H]1c1cccc(C(F)(F)F)c1. The molecule has 2 aromatic carbocycles. The van der Waals surface area contributed by atoms with Crippen molar-refractivity contribution in [3.8, 4) is 0 Å². The van der Waals surface area contributed by atoms with Gasteiger partial charge in [0, 0.05) is 30.6 Å². The van der Waals surface area contributed by atoms with Gasteiger partial charge in [-0.15, -0.1) is 0 Å². The highest BCUT2D eigenvalue weighted by atomic mass is 19.4. The van der Waals surface area contributed by atoms with Crippen LogP contribution in [0.25, 0.3) is 0 Å². The Morgan fingerprint density at radius 1 is 1.14 bits per heavy atom. The van der Waals surface area contributed by atoms with Gasteiger partial charge in [-0.25, -0.2) is 8.78 Å². The maximum atomic E-state index is 13.7. The van der Waals surface area contributed by atoms with E-state index in [1.807, 2.05) is 0 Å². The van der Waals surface area contributed by atoms with Gasteiger partial charge in [0.2, 0.25) is 11.8 Å². The summed E-state index contributed by atoms with van der Waals surface area (Å²) >= 11 is 0. The number of carbonyl (C=O) groups excluding carboxylic acids is 2. The highest BCUT2D eigenvalue weighted by Crippen LogP contribution is 2.34. The van der Waals surface area contributed by atoms with Crippen LogP contribution in [0.4, 0.5) is 22.0 Å². The first-order chi connectivity index (χ1) is 13.2. The fraction of sp³-hybridized carbons (Fsp3) is 0.263. The van der Waals surface area contributed by atoms with Gasteiger partial charge in [-0.2, -0.15) is 13.2 Å². The second-order valence-corrected chi connectivity index (χ2v) is 6.41. The minimum absolute atomic E-state index is 0.00311. The second-order valence-electron chi connectivity index (χ2n) is 6.41. The Morgan fingerprint density at radius 3 is 2.57 bits per heavy atom. The molecular weight excluding hydrogens is 383 g/mol. The van der Waals surface area contributed by atoms with Crippen molar-refractivity contribution < 1.29 is 31.5 Å². The molecule has 0 saturated carbocycles. The van der Waals surface area contributed by atoms with Gasteiger partial charge in [-0.05, 0) is 17.7 Å². The summed E-state index contributed by atoms with van der Waals surface area (Å²) in [7, 11) is 0. The first-order valence-corrected chi connectivity index (χ1v) is 8.33. The van der Waals surface area contributed by atoms with E-state index < -0.39 is 47.0 Å². The number of halogens is 5. The summed E-state index contributed by atoms with van der Waals surface area (Å²) in [5.74, 6) is -5.06. The lowest BCUT2D eigenvalue weighted by Gasteiger charge is -2.18. The summed E-state index contributed by atoms with van der Waals surface area (Å²) in [5, 5.41) is 4.86. The maximum Gasteiger partial charge on any atom is 0.416 e. The molecule has 0 spiro atoms. The molecule has 0 radical (unpaired) electrons. The first-order valence-electron chi connectivity index (χ1n) is 8.33. The van der Waals surface area contributed by atoms with Gasteiger partial charge in [0.1, 0.15) is 17.6 Å². The molecule has 1 saturated heterocycles. The number of nitrogens with one attached hydrogen (secondary N) is 2. The van der Waals surface area contributed by atoms with Crippen molar-refractivity contribution in [2.75, 3.05) is 6.54 Å². The maximum absolute atomic E-state index is 13.7. The van der Waals surface area contributed by atoms with Gasteiger partial charge >= 0.3 is 6.18 Å². The van der Waals surface area contributed by atoms with Crippen LogP contribution in [0.15, 0.2) is 42.5 Å². The average molecular weight is 398 g/mol. The highest BCUT2D eigenvalue weighted by Gasteiger charge is 2.41. The molecular formula is C19H15F5N2O2. The van der Waals surface area contributed by atoms with E-state index in [0.717, 1.165) is 24.3 Å². The van der Waals surface area contributed by atoms with E-state index in [2.05, 4.69) is 10.6 Å². The third-order valence-corrected chi connectivity index (χ3v) is 4.57. The van der Waals surface area contributed by atoms with Crippen LogP contribution in [0.2, 0.25) is 0 Å². The number of benzene rings is 2. The van der Waals surface area contributed by atoms with Crippen molar-refractivity contribution >= 4 is 11.8 Å². The van der Waals surface area contributed by atoms with Gasteiger partial charge in [0.25, 0.3) is 0 Å². The molecule has 2 amide bonds. The van der Waals surface area contributed by atoms with E-state index in [1.165, 1.54) is 12.1 Å². The van der Waals surface area contributed by atoms with Crippen LogP contribution in [0.1, 0.15) is 22.6 Å². The first kappa shape index (κ1) is 19.8. The molecule has 2 N–H and O–H groups in total. The van der Waals surface area contributed by atoms with E-state index in [9.17, 15) is 31.5 Å². The van der Waals surface area contributed by atoms with Crippen LogP contribution in [0.5, 0.6) is 0 Å². The molecule has 1 aliphatic rings. The minimum Gasteiger partial charge on any atom is -0.355 e. The predicted octanol–water partition coefficient (Wildman–Crippen LogP) is 3.13. The summed E-state index contributed by atoms with van der Waals surface area (Å²) in [6.07, 6.45) is -4.55. The van der Waals surface area contributed by atoms with Crippen LogP contribution in [0, 0.1) is 17.6 Å². The fourth-order valence-corrected chi connectivity index (χ4v) is 3.14. The van der Waals surface area contributed by atoms with E-state index >= 15 is 0 Å². The lowest BCUT2D eigenvalue weighted by Crippen LogP contribution is -2.37. The number of carbonyl (C=O) groups is 2. The molecule has 4 nitrogen and oxygen atoms in total. The molecule has 28 heavy (non-hydrogen) atoms. The van der Waals surface area contributed by atoms with E-state index in [-0.39, 0.29) is 24.2 Å². The fourth-order valence-electron chi connectivity index (χ4n) is 3.14. The molecule has 9 heteroatoms. The predicted molar refractivity (Wildman–Crippen MR) is 88.9 cm³/mol. The summed E-state index contributed by atoms with van der Waals surface area (Å²) in [4.78, 5) is 24.6. The largest absolute Gasteiger partial charge is 0.416 e. The van der Waals surface area contributed by atoms with Crippen LogP contribution in [-0.2, 0) is 22.3 Å². The quantitative estimate of drug-likeness (QED) is 0.614. The third-order valence-electron chi connectivity index (χ3n) is 4.57. The van der Waals surface area contributed by atoms with Crippen LogP contribution < -0.4 is 10.6 Å². The third kappa shape index (κ3) is 4.13. The van der Waals surface area contributed by atoms with Gasteiger partial charge < -0.3 is 10.6 Å². The highest BCUT2D eigenvalue weighted by molar-refractivity contribution is 6.03. The monoisotopic (exact) mass is 398 g/mol. The van der Waals surface area contributed by atoms with Crippen molar-refractivity contribution in [2.45, 2.75) is 18.6 Å². The Balaban J connectivity index is 1.77. The summed E-state index contributed by atoms with van der Waals surface area (Å²) < 4.78 is 65.4. The Labute approximate surface area is 156 Å². The Bertz CT molecular complexity index is 913. The van der Waals surface area contributed by atoms with Crippen LogP contribution in [-0.4, -0.2) is 18.4 Å². The smallest absolute Gasteiger partial charge is 0.355 e. The molecule has 1 fully saturated rings. The number of alkyl halides is 3. The second kappa shape index (κ2) is 7.57. The van der Waals surface area contributed by atoms with Gasteiger partial charge in [-0.3, -0.25) is 9.59 Å². The molecule has 0 aromatic heterocycles. The van der Waals surface area contributed by atoms with Crippen molar-refractivity contribution in [1.29, 1.82) is 0 Å². The zero-order valence-electron chi connectivity index (χ0n) is 14.3. The molecule has 0 aliphatic carbocycles. The Kier molecular flexibility index (Phi) is 5.35. The minimum atomic E-state index is -4.55. The van der Waals surface area contributed by atoms with Crippen LogP contribution in [0.3, 0.4) is 0 Å². The molecule has 1 heterocycles. The average Bonchev–Trinajstić information content (AvgIpc) is 3.02. The van der Waals surface area contributed by atoms with E-state index in [0.29, 0.717) is 6.07 Å². The zero-order chi connectivity index (χ0) is 20.5. The molecule has 0 unspecified atom stereocenters. The van der Waals surface area contributed by atoms with Crippen LogP contribution >= 0.6 is 0 Å². The molecule has 3 rings (SSSR count). The lowest BCUT2D eigenvalue weighted by molar-refractivity contribution is -0.137. The number of hydrogen-bond acceptors (Lipinski definition) is 2. The van der Waals surface area contributed by atoms with Gasteiger partial charge in [0.15, 0.2) is 0 Å². The molecule has 0 bridgehead atoms. The van der Waals surface area contributed by atoms with Crippen molar-refractivity contribution in [3.05, 3.63) is 70.8 Å². The van der Waals surface area contributed by atoms with Gasteiger partial charge in [0.05, 0.1) is 5.56 Å². The topological polar surface area (TPSA) is 58.2 Å². The lowest BCUT2D eigenvalue weighted by atomic mass is 9.87. The molecule has 148 valence electrons. The Morgan fingerprint density at radius 2 is 1.89 bits per heavy atom. The van der Waals surface area contributed by atoms with E-state index in [1.54, 1.807) is 0 Å². The summed E-state index contributed by atoms with van der Waals surface area (Å²) in [5.41, 5.74) is -0.665. The summed E-state index contributed by atoms with van der Waals surface area (Å²) in [6, 6.07) is 7.28.